The Hall–Kier alpha value is -1.51. The molecule has 0 fully saturated rings. The van der Waals surface area contributed by atoms with Crippen molar-refractivity contribution in [2.75, 3.05) is 27.3 Å². The number of primary sulfonamides is 1. The van der Waals surface area contributed by atoms with Crippen LogP contribution in [0.1, 0.15) is 16.8 Å². The highest BCUT2D eigenvalue weighted by Crippen LogP contribution is 2.15. The number of carbonyl (C=O) groups excluding carboxylic acids is 1. The Morgan fingerprint density at radius 1 is 1.45 bits per heavy atom. The van der Waals surface area contributed by atoms with Crippen LogP contribution in [-0.4, -0.2) is 46.5 Å². The van der Waals surface area contributed by atoms with Gasteiger partial charge in [0.2, 0.25) is 10.0 Å². The number of benzene rings is 1. The molecule has 0 radical (unpaired) electrons. The summed E-state index contributed by atoms with van der Waals surface area (Å²) in [6.45, 7) is 0.896. The van der Waals surface area contributed by atoms with E-state index in [9.17, 15) is 17.6 Å². The number of amides is 1. The molecule has 0 spiro atoms. The molecule has 0 saturated heterocycles. The van der Waals surface area contributed by atoms with E-state index in [0.29, 0.717) is 19.6 Å². The molecule has 0 unspecified atom stereocenters. The minimum absolute atomic E-state index is 0.197. The maximum absolute atomic E-state index is 13.8. The number of nitrogens with zero attached hydrogens (tertiary/aromatic N) is 1. The number of rotatable bonds is 6. The van der Waals surface area contributed by atoms with Crippen molar-refractivity contribution in [2.24, 2.45) is 5.14 Å². The second-order valence-corrected chi connectivity index (χ2v) is 5.82. The number of nitrogens with two attached hydrogens (primary N) is 1. The van der Waals surface area contributed by atoms with Gasteiger partial charge in [-0.15, -0.1) is 0 Å². The fourth-order valence-corrected chi connectivity index (χ4v) is 2.12. The van der Waals surface area contributed by atoms with Crippen LogP contribution in [0.3, 0.4) is 0 Å². The topological polar surface area (TPSA) is 89.7 Å². The van der Waals surface area contributed by atoms with Crippen LogP contribution in [-0.2, 0) is 14.8 Å². The van der Waals surface area contributed by atoms with Crippen molar-refractivity contribution in [3.63, 3.8) is 0 Å². The molecule has 0 saturated carbocycles. The standard InChI is InChI=1S/C12H17FN2O4S/c1-15(6-3-7-19-2)12(16)10-5-4-9(8-11(10)13)20(14,17)18/h4-5,8H,3,6-7H2,1-2H3,(H2,14,17,18). The smallest absolute Gasteiger partial charge is 0.256 e. The first-order valence-electron chi connectivity index (χ1n) is 5.84. The molecular formula is C12H17FN2O4S. The molecule has 1 rings (SSSR count). The van der Waals surface area contributed by atoms with Gasteiger partial charge in [0.15, 0.2) is 0 Å². The van der Waals surface area contributed by atoms with E-state index in [4.69, 9.17) is 9.88 Å². The van der Waals surface area contributed by atoms with Gasteiger partial charge in [-0.3, -0.25) is 4.79 Å². The van der Waals surface area contributed by atoms with Gasteiger partial charge < -0.3 is 9.64 Å². The number of ether oxygens (including phenoxy) is 1. The third-order valence-electron chi connectivity index (χ3n) is 2.69. The van der Waals surface area contributed by atoms with Gasteiger partial charge in [0.1, 0.15) is 5.82 Å². The van der Waals surface area contributed by atoms with E-state index < -0.39 is 21.7 Å². The number of carbonyl (C=O) groups is 1. The van der Waals surface area contributed by atoms with E-state index in [-0.39, 0.29) is 10.5 Å². The van der Waals surface area contributed by atoms with Crippen molar-refractivity contribution in [3.8, 4) is 0 Å². The summed E-state index contributed by atoms with van der Waals surface area (Å²) in [5, 5.41) is 4.89. The Labute approximate surface area is 117 Å². The lowest BCUT2D eigenvalue weighted by molar-refractivity contribution is 0.0774. The van der Waals surface area contributed by atoms with Crippen molar-refractivity contribution < 1.29 is 22.3 Å². The Bertz CT molecular complexity index is 589. The van der Waals surface area contributed by atoms with Gasteiger partial charge in [0, 0.05) is 27.3 Å². The molecule has 2 N–H and O–H groups in total. The lowest BCUT2D eigenvalue weighted by atomic mass is 10.2. The quantitative estimate of drug-likeness (QED) is 0.779. The molecule has 0 aromatic heterocycles. The highest BCUT2D eigenvalue weighted by Gasteiger charge is 2.18. The van der Waals surface area contributed by atoms with Gasteiger partial charge in [0.25, 0.3) is 5.91 Å². The van der Waals surface area contributed by atoms with Gasteiger partial charge in [-0.05, 0) is 24.6 Å². The maximum Gasteiger partial charge on any atom is 0.256 e. The monoisotopic (exact) mass is 304 g/mol. The molecule has 1 aromatic carbocycles. The normalized spacial score (nSPS) is 11.4. The molecule has 0 aliphatic rings. The Kier molecular flexibility index (Phi) is 5.61. The van der Waals surface area contributed by atoms with Crippen molar-refractivity contribution in [3.05, 3.63) is 29.6 Å². The van der Waals surface area contributed by atoms with E-state index in [0.717, 1.165) is 18.2 Å². The molecule has 1 aromatic rings. The second-order valence-electron chi connectivity index (χ2n) is 4.26. The summed E-state index contributed by atoms with van der Waals surface area (Å²) in [6, 6.07) is 2.96. The van der Waals surface area contributed by atoms with Gasteiger partial charge in [-0.25, -0.2) is 17.9 Å². The average Bonchev–Trinajstić information content (AvgIpc) is 2.37. The first-order valence-corrected chi connectivity index (χ1v) is 7.38. The summed E-state index contributed by atoms with van der Waals surface area (Å²) in [5.41, 5.74) is -0.197. The third kappa shape index (κ3) is 4.26. The number of methoxy groups -OCH3 is 1. The second kappa shape index (κ2) is 6.78. The number of halogens is 1. The van der Waals surface area contributed by atoms with Gasteiger partial charge in [-0.1, -0.05) is 0 Å². The predicted octanol–water partition coefficient (Wildman–Crippen LogP) is 0.582. The van der Waals surface area contributed by atoms with E-state index in [1.54, 1.807) is 7.11 Å². The van der Waals surface area contributed by atoms with Crippen molar-refractivity contribution in [1.29, 1.82) is 0 Å². The SMILES string of the molecule is COCCCN(C)C(=O)c1ccc(S(N)(=O)=O)cc1F. The maximum atomic E-state index is 13.8. The highest BCUT2D eigenvalue weighted by atomic mass is 32.2. The van der Waals surface area contributed by atoms with E-state index in [1.165, 1.54) is 11.9 Å². The average molecular weight is 304 g/mol. The first kappa shape index (κ1) is 16.5. The number of sulfonamides is 1. The Morgan fingerprint density at radius 2 is 2.10 bits per heavy atom. The van der Waals surface area contributed by atoms with E-state index >= 15 is 0 Å². The Morgan fingerprint density at radius 3 is 2.60 bits per heavy atom. The molecule has 8 heteroatoms. The number of hydrogen-bond acceptors (Lipinski definition) is 4. The highest BCUT2D eigenvalue weighted by molar-refractivity contribution is 7.89. The molecule has 20 heavy (non-hydrogen) atoms. The zero-order valence-electron chi connectivity index (χ0n) is 11.3. The molecule has 0 aliphatic carbocycles. The summed E-state index contributed by atoms with van der Waals surface area (Å²) in [5.74, 6) is -1.44. The lowest BCUT2D eigenvalue weighted by Crippen LogP contribution is -2.29. The summed E-state index contributed by atoms with van der Waals surface area (Å²) < 4.78 is 40.8. The molecule has 0 heterocycles. The zero-order chi connectivity index (χ0) is 15.3. The summed E-state index contributed by atoms with van der Waals surface area (Å²) >= 11 is 0. The zero-order valence-corrected chi connectivity index (χ0v) is 12.1. The fourth-order valence-electron chi connectivity index (χ4n) is 1.60. The van der Waals surface area contributed by atoms with Crippen molar-refractivity contribution in [1.82, 2.24) is 4.90 Å². The summed E-state index contributed by atoms with van der Waals surface area (Å²) in [6.07, 6.45) is 0.621. The molecule has 0 bridgehead atoms. The molecule has 0 atom stereocenters. The van der Waals surface area contributed by atoms with Crippen LogP contribution in [0.15, 0.2) is 23.1 Å². The Balaban J connectivity index is 2.89. The van der Waals surface area contributed by atoms with Crippen LogP contribution in [0.2, 0.25) is 0 Å². The number of hydrogen-bond donors (Lipinski definition) is 1. The summed E-state index contributed by atoms with van der Waals surface area (Å²) in [4.78, 5) is 13.0. The summed E-state index contributed by atoms with van der Waals surface area (Å²) in [7, 11) is -0.905. The van der Waals surface area contributed by atoms with E-state index in [2.05, 4.69) is 0 Å². The minimum Gasteiger partial charge on any atom is -0.385 e. The van der Waals surface area contributed by atoms with Gasteiger partial charge >= 0.3 is 0 Å². The molecule has 6 nitrogen and oxygen atoms in total. The van der Waals surface area contributed by atoms with Crippen LogP contribution in [0.5, 0.6) is 0 Å². The fraction of sp³-hybridized carbons (Fsp3) is 0.417. The van der Waals surface area contributed by atoms with Crippen molar-refractivity contribution >= 4 is 15.9 Å². The van der Waals surface area contributed by atoms with Crippen LogP contribution in [0, 0.1) is 5.82 Å². The van der Waals surface area contributed by atoms with Crippen LogP contribution >= 0.6 is 0 Å². The van der Waals surface area contributed by atoms with Crippen LogP contribution < -0.4 is 5.14 Å². The molecule has 112 valence electrons. The van der Waals surface area contributed by atoms with Crippen LogP contribution in [0.4, 0.5) is 4.39 Å². The third-order valence-corrected chi connectivity index (χ3v) is 3.60. The molecule has 0 aliphatic heterocycles. The van der Waals surface area contributed by atoms with Crippen LogP contribution in [0.25, 0.3) is 0 Å². The largest absolute Gasteiger partial charge is 0.385 e. The molecular weight excluding hydrogens is 287 g/mol. The van der Waals surface area contributed by atoms with Gasteiger partial charge in [0.05, 0.1) is 10.5 Å². The van der Waals surface area contributed by atoms with Gasteiger partial charge in [-0.2, -0.15) is 0 Å². The predicted molar refractivity (Wildman–Crippen MR) is 71.2 cm³/mol. The minimum atomic E-state index is -3.99. The molecule has 1 amide bonds. The first-order chi connectivity index (χ1) is 9.27. The van der Waals surface area contributed by atoms with E-state index in [1.807, 2.05) is 0 Å². The van der Waals surface area contributed by atoms with Crippen molar-refractivity contribution in [2.45, 2.75) is 11.3 Å². The lowest BCUT2D eigenvalue weighted by Gasteiger charge is -2.17.